The van der Waals surface area contributed by atoms with E-state index in [0.717, 1.165) is 12.8 Å². The highest BCUT2D eigenvalue weighted by molar-refractivity contribution is 5.94. The molecule has 6 heteroatoms. The molecule has 0 amide bonds. The molecule has 4 aliphatic rings. The van der Waals surface area contributed by atoms with Crippen LogP contribution in [0.5, 0.6) is 0 Å². The third kappa shape index (κ3) is 0.985. The molecule has 104 valence electrons. The number of methoxy groups -OCH3 is 2. The zero-order valence-electron chi connectivity index (χ0n) is 11.5. The fraction of sp³-hybridized carbons (Fsp3) is 0.643. The van der Waals surface area contributed by atoms with E-state index in [-0.39, 0.29) is 17.7 Å². The van der Waals surface area contributed by atoms with Crippen LogP contribution in [0.1, 0.15) is 12.8 Å². The van der Waals surface area contributed by atoms with Gasteiger partial charge in [-0.15, -0.1) is 0 Å². The average molecular weight is 272 g/mol. The molecule has 1 fully saturated rings. The largest absolute Gasteiger partial charge is 0.386 e. The second-order valence-electron chi connectivity index (χ2n) is 5.50. The molecule has 0 unspecified atom stereocenters. The predicted octanol–water partition coefficient (Wildman–Crippen LogP) is 0.920. The number of rotatable bonds is 2. The van der Waals surface area contributed by atoms with Crippen molar-refractivity contribution in [2.24, 2.45) is 33.4 Å². The Balaban J connectivity index is 2.37. The molecule has 20 heavy (non-hydrogen) atoms. The standard InChI is InChI=1S/C14H16N4O2/c1-19-14(20-2)13(8-16)10-5-3-9(4-6-10)12(13,7-15)11(17)18-14/h3,5,9-10H,4,6H2,1-2H3,(H2,17,18)/t9-,10-,12-,13-/m0/s1. The molecule has 0 radical (unpaired) electrons. The normalized spacial score (nSPS) is 43.5. The van der Waals surface area contributed by atoms with Crippen molar-refractivity contribution in [3.05, 3.63) is 12.2 Å². The summed E-state index contributed by atoms with van der Waals surface area (Å²) in [5, 5.41) is 19.8. The highest BCUT2D eigenvalue weighted by Crippen LogP contribution is 2.68. The summed E-state index contributed by atoms with van der Waals surface area (Å²) in [6.07, 6.45) is 5.58. The molecule has 0 saturated heterocycles. The van der Waals surface area contributed by atoms with Crippen molar-refractivity contribution >= 4 is 5.84 Å². The molecule has 0 aromatic heterocycles. The van der Waals surface area contributed by atoms with Crippen molar-refractivity contribution in [2.45, 2.75) is 18.8 Å². The quantitative estimate of drug-likeness (QED) is 0.594. The van der Waals surface area contributed by atoms with Crippen molar-refractivity contribution in [3.8, 4) is 12.1 Å². The Morgan fingerprint density at radius 3 is 2.25 bits per heavy atom. The summed E-state index contributed by atoms with van der Waals surface area (Å²) in [6, 6.07) is 4.59. The van der Waals surface area contributed by atoms with Gasteiger partial charge in [0.15, 0.2) is 5.41 Å². The number of amidine groups is 1. The SMILES string of the molecule is COC1(OC)N=C(N)[C@]2(C#N)[C@H]3C=C[C@@H](CC3)[C@]12C#N. The molecule has 1 heterocycles. The molecule has 3 aliphatic carbocycles. The Bertz CT molecular complexity index is 595. The van der Waals surface area contributed by atoms with E-state index in [1.807, 2.05) is 12.2 Å². The Morgan fingerprint density at radius 1 is 1.20 bits per heavy atom. The van der Waals surface area contributed by atoms with Gasteiger partial charge in [-0.25, -0.2) is 4.99 Å². The van der Waals surface area contributed by atoms with Gasteiger partial charge in [0.1, 0.15) is 11.3 Å². The van der Waals surface area contributed by atoms with E-state index < -0.39 is 16.7 Å². The Hall–Kier alpha value is -1.89. The first-order chi connectivity index (χ1) is 9.58. The lowest BCUT2D eigenvalue weighted by Crippen LogP contribution is -2.65. The summed E-state index contributed by atoms with van der Waals surface area (Å²) < 4.78 is 10.9. The van der Waals surface area contributed by atoms with E-state index in [9.17, 15) is 10.5 Å². The minimum absolute atomic E-state index is 0.131. The number of nitrogens with two attached hydrogens (primary N) is 1. The maximum absolute atomic E-state index is 9.96. The van der Waals surface area contributed by atoms with Gasteiger partial charge in [-0.2, -0.15) is 10.5 Å². The number of fused-ring (bicyclic) bond motifs is 1. The fourth-order valence-corrected chi connectivity index (χ4v) is 4.30. The minimum atomic E-state index is -1.52. The van der Waals surface area contributed by atoms with Crippen LogP contribution in [0.25, 0.3) is 0 Å². The van der Waals surface area contributed by atoms with Gasteiger partial charge in [-0.05, 0) is 12.8 Å². The van der Waals surface area contributed by atoms with Crippen molar-refractivity contribution in [1.82, 2.24) is 0 Å². The van der Waals surface area contributed by atoms with Crippen LogP contribution < -0.4 is 5.73 Å². The maximum Gasteiger partial charge on any atom is 0.292 e. The zero-order chi connectivity index (χ0) is 14.6. The van der Waals surface area contributed by atoms with Gasteiger partial charge in [0, 0.05) is 26.1 Å². The first-order valence-electron chi connectivity index (χ1n) is 6.55. The average Bonchev–Trinajstić information content (AvgIpc) is 2.76. The summed E-state index contributed by atoms with van der Waals surface area (Å²) in [5.74, 6) is -1.67. The number of hydrogen-bond donors (Lipinski definition) is 1. The van der Waals surface area contributed by atoms with Gasteiger partial charge in [-0.1, -0.05) is 12.2 Å². The van der Waals surface area contributed by atoms with Crippen LogP contribution >= 0.6 is 0 Å². The van der Waals surface area contributed by atoms with Crippen LogP contribution in [0.2, 0.25) is 0 Å². The summed E-state index contributed by atoms with van der Waals surface area (Å²) >= 11 is 0. The molecule has 0 aromatic carbocycles. The second-order valence-corrected chi connectivity index (χ2v) is 5.50. The summed E-state index contributed by atoms with van der Waals surface area (Å²) in [7, 11) is 2.86. The van der Waals surface area contributed by atoms with Crippen LogP contribution in [0.15, 0.2) is 17.1 Å². The Kier molecular flexibility index (Phi) is 2.50. The molecule has 2 N–H and O–H groups in total. The lowest BCUT2D eigenvalue weighted by atomic mass is 9.45. The first-order valence-corrected chi connectivity index (χ1v) is 6.55. The topological polar surface area (TPSA) is 104 Å². The van der Waals surface area contributed by atoms with E-state index in [0.29, 0.717) is 0 Å². The molecule has 2 bridgehead atoms. The summed E-state index contributed by atoms with van der Waals surface area (Å²) in [5.41, 5.74) is 3.68. The van der Waals surface area contributed by atoms with E-state index in [4.69, 9.17) is 15.2 Å². The van der Waals surface area contributed by atoms with E-state index in [1.54, 1.807) is 0 Å². The molecule has 4 rings (SSSR count). The number of nitriles is 2. The lowest BCUT2D eigenvalue weighted by Gasteiger charge is -2.55. The van der Waals surface area contributed by atoms with Crippen LogP contribution in [0.3, 0.4) is 0 Å². The minimum Gasteiger partial charge on any atom is -0.386 e. The summed E-state index contributed by atoms with van der Waals surface area (Å²) in [4.78, 5) is 4.29. The zero-order valence-corrected chi connectivity index (χ0v) is 11.5. The Morgan fingerprint density at radius 2 is 1.80 bits per heavy atom. The number of aliphatic imine (C=N–C) groups is 1. The second kappa shape index (κ2) is 3.82. The van der Waals surface area contributed by atoms with E-state index in [1.165, 1.54) is 14.2 Å². The maximum atomic E-state index is 9.96. The molecule has 4 atom stereocenters. The van der Waals surface area contributed by atoms with Gasteiger partial charge >= 0.3 is 0 Å². The number of ether oxygens (including phenoxy) is 2. The van der Waals surface area contributed by atoms with E-state index >= 15 is 0 Å². The Labute approximate surface area is 117 Å². The molecule has 0 aromatic rings. The molecule has 1 saturated carbocycles. The van der Waals surface area contributed by atoms with Crippen LogP contribution in [-0.2, 0) is 9.47 Å². The smallest absolute Gasteiger partial charge is 0.292 e. The summed E-state index contributed by atoms with van der Waals surface area (Å²) in [6.45, 7) is 0. The van der Waals surface area contributed by atoms with Crippen LogP contribution in [-0.4, -0.2) is 26.0 Å². The molecule has 0 spiro atoms. The van der Waals surface area contributed by atoms with E-state index in [2.05, 4.69) is 17.1 Å². The highest BCUT2D eigenvalue weighted by atomic mass is 16.7. The van der Waals surface area contributed by atoms with Crippen LogP contribution in [0, 0.1) is 45.3 Å². The van der Waals surface area contributed by atoms with Crippen molar-refractivity contribution in [3.63, 3.8) is 0 Å². The third-order valence-corrected chi connectivity index (χ3v) is 5.17. The van der Waals surface area contributed by atoms with Crippen LogP contribution in [0.4, 0.5) is 0 Å². The van der Waals surface area contributed by atoms with Gasteiger partial charge in [0.2, 0.25) is 0 Å². The molecular formula is C14H16N4O2. The van der Waals surface area contributed by atoms with Crippen molar-refractivity contribution in [1.29, 1.82) is 10.5 Å². The van der Waals surface area contributed by atoms with Gasteiger partial charge in [0.05, 0.1) is 12.1 Å². The van der Waals surface area contributed by atoms with Gasteiger partial charge in [-0.3, -0.25) is 0 Å². The van der Waals surface area contributed by atoms with Crippen molar-refractivity contribution in [2.75, 3.05) is 14.2 Å². The lowest BCUT2D eigenvalue weighted by molar-refractivity contribution is -0.280. The molecule has 1 aliphatic heterocycles. The molecular weight excluding hydrogens is 256 g/mol. The first kappa shape index (κ1) is 13.1. The van der Waals surface area contributed by atoms with Crippen molar-refractivity contribution < 1.29 is 9.47 Å². The highest BCUT2D eigenvalue weighted by Gasteiger charge is 2.79. The molecule has 6 nitrogen and oxygen atoms in total. The fourth-order valence-electron chi connectivity index (χ4n) is 4.30. The number of allylic oxidation sites excluding steroid dienone is 2. The predicted molar refractivity (Wildman–Crippen MR) is 69.8 cm³/mol. The number of nitrogens with zero attached hydrogens (tertiary/aromatic N) is 3. The third-order valence-electron chi connectivity index (χ3n) is 5.17. The van der Waals surface area contributed by atoms with Gasteiger partial charge in [0.25, 0.3) is 5.91 Å². The number of hydrogen-bond acceptors (Lipinski definition) is 6. The monoisotopic (exact) mass is 272 g/mol. The van der Waals surface area contributed by atoms with Gasteiger partial charge < -0.3 is 15.2 Å².